The van der Waals surface area contributed by atoms with Gasteiger partial charge in [0.05, 0.1) is 17.9 Å². The van der Waals surface area contributed by atoms with Crippen molar-refractivity contribution >= 4 is 5.91 Å². The zero-order chi connectivity index (χ0) is 13.1. The first-order valence-electron chi connectivity index (χ1n) is 6.30. The molecule has 0 spiro atoms. The molecular formula is C14H15N3O2. The van der Waals surface area contributed by atoms with Crippen molar-refractivity contribution in [3.8, 4) is 0 Å². The van der Waals surface area contributed by atoms with Crippen molar-refractivity contribution in [1.29, 1.82) is 0 Å². The van der Waals surface area contributed by atoms with Gasteiger partial charge in [-0.2, -0.15) is 0 Å². The predicted molar refractivity (Wildman–Crippen MR) is 69.6 cm³/mol. The fraction of sp³-hybridized carbons (Fsp3) is 0.286. The monoisotopic (exact) mass is 257 g/mol. The van der Waals surface area contributed by atoms with Crippen LogP contribution in [0.2, 0.25) is 0 Å². The fourth-order valence-corrected chi connectivity index (χ4v) is 2.37. The first-order chi connectivity index (χ1) is 9.36. The lowest BCUT2D eigenvalue weighted by Crippen LogP contribution is -2.48. The summed E-state index contributed by atoms with van der Waals surface area (Å²) in [6, 6.07) is 5.61. The number of hydrogen-bond donors (Lipinski definition) is 1. The quantitative estimate of drug-likeness (QED) is 0.885. The highest BCUT2D eigenvalue weighted by Gasteiger charge is 2.29. The van der Waals surface area contributed by atoms with Gasteiger partial charge in [-0.05, 0) is 17.7 Å². The van der Waals surface area contributed by atoms with E-state index in [9.17, 15) is 4.79 Å². The van der Waals surface area contributed by atoms with Crippen LogP contribution in [0.1, 0.15) is 22.0 Å². The van der Waals surface area contributed by atoms with Crippen LogP contribution in [0.3, 0.4) is 0 Å². The van der Waals surface area contributed by atoms with Crippen LogP contribution >= 0.6 is 0 Å². The Morgan fingerprint density at radius 3 is 3.16 bits per heavy atom. The van der Waals surface area contributed by atoms with Crippen LogP contribution in [0.5, 0.6) is 0 Å². The van der Waals surface area contributed by atoms with Crippen LogP contribution in [-0.2, 0) is 0 Å². The van der Waals surface area contributed by atoms with Gasteiger partial charge in [-0.15, -0.1) is 0 Å². The molecule has 98 valence electrons. The Kier molecular flexibility index (Phi) is 3.29. The topological polar surface area (TPSA) is 58.4 Å². The van der Waals surface area contributed by atoms with Gasteiger partial charge in [-0.3, -0.25) is 9.78 Å². The van der Waals surface area contributed by atoms with Gasteiger partial charge in [0.1, 0.15) is 6.26 Å². The Bertz CT molecular complexity index is 539. The minimum atomic E-state index is 0.00380. The zero-order valence-electron chi connectivity index (χ0n) is 10.5. The summed E-state index contributed by atoms with van der Waals surface area (Å²) in [5.41, 5.74) is 1.64. The van der Waals surface area contributed by atoms with E-state index in [1.165, 1.54) is 12.5 Å². The molecule has 5 heteroatoms. The van der Waals surface area contributed by atoms with Crippen LogP contribution in [0, 0.1) is 0 Å². The van der Waals surface area contributed by atoms with Gasteiger partial charge in [0.15, 0.2) is 0 Å². The summed E-state index contributed by atoms with van der Waals surface area (Å²) in [6.45, 7) is 2.24. The number of nitrogens with one attached hydrogen (secondary N) is 1. The number of carbonyl (C=O) groups excluding carboxylic acids is 1. The molecule has 1 amide bonds. The van der Waals surface area contributed by atoms with E-state index in [1.54, 1.807) is 12.3 Å². The van der Waals surface area contributed by atoms with Crippen molar-refractivity contribution in [2.45, 2.75) is 6.04 Å². The number of hydrogen-bond acceptors (Lipinski definition) is 4. The van der Waals surface area contributed by atoms with Crippen LogP contribution in [0.4, 0.5) is 0 Å². The minimum Gasteiger partial charge on any atom is -0.472 e. The van der Waals surface area contributed by atoms with Gasteiger partial charge in [-0.25, -0.2) is 0 Å². The molecule has 0 radical (unpaired) electrons. The molecule has 2 aromatic heterocycles. The van der Waals surface area contributed by atoms with E-state index in [1.807, 2.05) is 23.2 Å². The third kappa shape index (κ3) is 2.37. The summed E-state index contributed by atoms with van der Waals surface area (Å²) >= 11 is 0. The van der Waals surface area contributed by atoms with E-state index in [-0.39, 0.29) is 11.9 Å². The average Bonchev–Trinajstić information content (AvgIpc) is 3.02. The van der Waals surface area contributed by atoms with E-state index >= 15 is 0 Å². The first-order valence-corrected chi connectivity index (χ1v) is 6.30. The molecule has 3 rings (SSSR count). The molecule has 3 heterocycles. The Hall–Kier alpha value is -2.14. The molecule has 1 fully saturated rings. The van der Waals surface area contributed by atoms with Crippen molar-refractivity contribution < 1.29 is 9.21 Å². The number of aromatic nitrogens is 1. The summed E-state index contributed by atoms with van der Waals surface area (Å²) in [5, 5.41) is 3.32. The lowest BCUT2D eigenvalue weighted by atomic mass is 10.0. The third-order valence-electron chi connectivity index (χ3n) is 3.34. The van der Waals surface area contributed by atoms with Gasteiger partial charge in [-0.1, -0.05) is 6.07 Å². The summed E-state index contributed by atoms with van der Waals surface area (Å²) in [6.07, 6.45) is 6.56. The first kappa shape index (κ1) is 11.9. The number of nitrogens with zero attached hydrogens (tertiary/aromatic N) is 2. The second-order valence-corrected chi connectivity index (χ2v) is 4.52. The van der Waals surface area contributed by atoms with Crippen LogP contribution in [0.15, 0.2) is 47.5 Å². The van der Waals surface area contributed by atoms with Gasteiger partial charge >= 0.3 is 0 Å². The van der Waals surface area contributed by atoms with Crippen molar-refractivity contribution in [3.05, 3.63) is 54.2 Å². The van der Waals surface area contributed by atoms with E-state index in [0.717, 1.165) is 18.7 Å². The predicted octanol–water partition coefficient (Wildman–Crippen LogP) is 1.46. The van der Waals surface area contributed by atoms with Crippen LogP contribution in [-0.4, -0.2) is 35.4 Å². The van der Waals surface area contributed by atoms with E-state index in [0.29, 0.717) is 12.1 Å². The maximum Gasteiger partial charge on any atom is 0.257 e. The fourth-order valence-electron chi connectivity index (χ4n) is 2.37. The molecule has 5 nitrogen and oxygen atoms in total. The smallest absolute Gasteiger partial charge is 0.257 e. The molecule has 1 saturated heterocycles. The summed E-state index contributed by atoms with van der Waals surface area (Å²) in [4.78, 5) is 18.5. The molecule has 1 aliphatic heterocycles. The van der Waals surface area contributed by atoms with Crippen molar-refractivity contribution in [1.82, 2.24) is 15.2 Å². The highest BCUT2D eigenvalue weighted by atomic mass is 16.3. The molecule has 1 unspecified atom stereocenters. The molecule has 0 aromatic carbocycles. The Balaban J connectivity index is 1.87. The number of rotatable bonds is 2. The van der Waals surface area contributed by atoms with E-state index in [2.05, 4.69) is 10.3 Å². The molecular weight excluding hydrogens is 242 g/mol. The lowest BCUT2D eigenvalue weighted by molar-refractivity contribution is 0.0633. The molecule has 0 bridgehead atoms. The molecule has 19 heavy (non-hydrogen) atoms. The standard InChI is InChI=1S/C14H15N3O2/c18-14(12-3-7-19-10-12)17-6-5-16-9-13(17)11-2-1-4-15-8-11/h1-4,7-8,10,13,16H,5-6,9H2. The Labute approximate surface area is 111 Å². The van der Waals surface area contributed by atoms with Crippen LogP contribution in [0.25, 0.3) is 0 Å². The highest BCUT2D eigenvalue weighted by molar-refractivity contribution is 5.94. The Morgan fingerprint density at radius 2 is 2.42 bits per heavy atom. The molecule has 1 N–H and O–H groups in total. The van der Waals surface area contributed by atoms with Gasteiger partial charge < -0.3 is 14.6 Å². The average molecular weight is 257 g/mol. The minimum absolute atomic E-state index is 0.00380. The number of amides is 1. The molecule has 0 aliphatic carbocycles. The number of carbonyl (C=O) groups is 1. The summed E-state index contributed by atoms with van der Waals surface area (Å²) in [5.74, 6) is 0.00380. The molecule has 1 aliphatic rings. The molecule has 1 atom stereocenters. The summed E-state index contributed by atoms with van der Waals surface area (Å²) < 4.78 is 4.99. The van der Waals surface area contributed by atoms with Crippen LogP contribution < -0.4 is 5.32 Å². The maximum absolute atomic E-state index is 12.5. The van der Waals surface area contributed by atoms with Crippen molar-refractivity contribution in [2.24, 2.45) is 0 Å². The van der Waals surface area contributed by atoms with Crippen molar-refractivity contribution in [2.75, 3.05) is 19.6 Å². The normalized spacial score (nSPS) is 19.4. The highest BCUT2D eigenvalue weighted by Crippen LogP contribution is 2.23. The lowest BCUT2D eigenvalue weighted by Gasteiger charge is -2.36. The molecule has 0 saturated carbocycles. The molecule has 2 aromatic rings. The van der Waals surface area contributed by atoms with Gasteiger partial charge in [0.25, 0.3) is 5.91 Å². The second-order valence-electron chi connectivity index (χ2n) is 4.52. The number of furan rings is 1. The second kappa shape index (κ2) is 5.24. The van der Waals surface area contributed by atoms with E-state index < -0.39 is 0 Å². The zero-order valence-corrected chi connectivity index (χ0v) is 10.5. The third-order valence-corrected chi connectivity index (χ3v) is 3.34. The SMILES string of the molecule is O=C(c1ccoc1)N1CCNCC1c1cccnc1. The summed E-state index contributed by atoms with van der Waals surface area (Å²) in [7, 11) is 0. The largest absolute Gasteiger partial charge is 0.472 e. The van der Waals surface area contributed by atoms with Crippen molar-refractivity contribution in [3.63, 3.8) is 0 Å². The number of piperazine rings is 1. The van der Waals surface area contributed by atoms with E-state index in [4.69, 9.17) is 4.42 Å². The Morgan fingerprint density at radius 1 is 1.47 bits per heavy atom. The van der Waals surface area contributed by atoms with Gasteiger partial charge in [0.2, 0.25) is 0 Å². The number of pyridine rings is 1. The van der Waals surface area contributed by atoms with Gasteiger partial charge in [0, 0.05) is 32.0 Å². The maximum atomic E-state index is 12.5.